The fourth-order valence-electron chi connectivity index (χ4n) is 3.22. The monoisotopic (exact) mass is 338 g/mol. The largest absolute Gasteiger partial charge is 0.351 e. The molecule has 1 saturated heterocycles. The summed E-state index contributed by atoms with van der Waals surface area (Å²) in [7, 11) is 0. The third-order valence-electron chi connectivity index (χ3n) is 4.47. The summed E-state index contributed by atoms with van der Waals surface area (Å²) in [6, 6.07) is 7.68. The van der Waals surface area contributed by atoms with Crippen LogP contribution in [-0.4, -0.2) is 33.2 Å². The van der Waals surface area contributed by atoms with Crippen molar-refractivity contribution in [1.82, 2.24) is 20.2 Å². The summed E-state index contributed by atoms with van der Waals surface area (Å²) in [5.41, 5.74) is 3.25. The smallest absolute Gasteiger partial charge is 0.273 e. The van der Waals surface area contributed by atoms with E-state index in [9.17, 15) is 9.59 Å². The van der Waals surface area contributed by atoms with Gasteiger partial charge >= 0.3 is 0 Å². The molecule has 0 aliphatic carbocycles. The van der Waals surface area contributed by atoms with Crippen LogP contribution in [0, 0.1) is 6.92 Å². The Kier molecular flexibility index (Phi) is 5.07. The van der Waals surface area contributed by atoms with Gasteiger partial charge in [-0.1, -0.05) is 6.07 Å². The van der Waals surface area contributed by atoms with Crippen molar-refractivity contribution >= 4 is 11.8 Å². The SMILES string of the molecule is CC(=O)NCc1cc(C2CCCN2C(=O)c2ncccc2C)ccn1. The van der Waals surface area contributed by atoms with Crippen molar-refractivity contribution in [2.24, 2.45) is 0 Å². The van der Waals surface area contributed by atoms with Crippen molar-refractivity contribution in [2.75, 3.05) is 6.54 Å². The Balaban J connectivity index is 1.82. The summed E-state index contributed by atoms with van der Waals surface area (Å²) in [4.78, 5) is 34.5. The van der Waals surface area contributed by atoms with E-state index in [1.54, 1.807) is 12.4 Å². The molecule has 1 atom stereocenters. The fraction of sp³-hybridized carbons (Fsp3) is 0.368. The maximum atomic E-state index is 12.9. The lowest BCUT2D eigenvalue weighted by Crippen LogP contribution is -2.32. The normalized spacial score (nSPS) is 16.7. The van der Waals surface area contributed by atoms with Crippen LogP contribution in [0.3, 0.4) is 0 Å². The molecule has 2 aromatic rings. The highest BCUT2D eigenvalue weighted by atomic mass is 16.2. The quantitative estimate of drug-likeness (QED) is 0.929. The fourth-order valence-corrected chi connectivity index (χ4v) is 3.22. The maximum Gasteiger partial charge on any atom is 0.273 e. The number of rotatable bonds is 4. The molecule has 6 heteroatoms. The van der Waals surface area contributed by atoms with E-state index < -0.39 is 0 Å². The van der Waals surface area contributed by atoms with Gasteiger partial charge in [0.25, 0.3) is 5.91 Å². The summed E-state index contributed by atoms with van der Waals surface area (Å²) >= 11 is 0. The lowest BCUT2D eigenvalue weighted by molar-refractivity contribution is -0.119. The highest BCUT2D eigenvalue weighted by Crippen LogP contribution is 2.33. The molecule has 3 rings (SSSR count). The molecule has 1 aliphatic heterocycles. The van der Waals surface area contributed by atoms with E-state index in [1.165, 1.54) is 6.92 Å². The molecule has 0 aromatic carbocycles. The van der Waals surface area contributed by atoms with E-state index in [1.807, 2.05) is 36.1 Å². The molecule has 0 saturated carbocycles. The standard InChI is InChI=1S/C19H22N4O2/c1-13-5-3-8-21-18(13)19(25)23-10-4-6-17(23)15-7-9-20-16(11-15)12-22-14(2)24/h3,5,7-9,11,17H,4,6,10,12H2,1-2H3,(H,22,24). The van der Waals surface area contributed by atoms with Crippen LogP contribution in [0.5, 0.6) is 0 Å². The van der Waals surface area contributed by atoms with Gasteiger partial charge in [0.1, 0.15) is 5.69 Å². The lowest BCUT2D eigenvalue weighted by Gasteiger charge is -2.25. The number of amides is 2. The Hall–Kier alpha value is -2.76. The number of carbonyl (C=O) groups excluding carboxylic acids is 2. The molecule has 0 spiro atoms. The van der Waals surface area contributed by atoms with Gasteiger partial charge in [-0.2, -0.15) is 0 Å². The molecule has 3 heterocycles. The molecule has 0 bridgehead atoms. The van der Waals surface area contributed by atoms with Gasteiger partial charge in [-0.3, -0.25) is 19.6 Å². The van der Waals surface area contributed by atoms with Crippen molar-refractivity contribution in [3.05, 3.63) is 59.2 Å². The summed E-state index contributed by atoms with van der Waals surface area (Å²) in [5, 5.41) is 2.75. The Morgan fingerprint density at radius 3 is 2.88 bits per heavy atom. The molecule has 2 aromatic heterocycles. The minimum absolute atomic E-state index is 0.0213. The maximum absolute atomic E-state index is 12.9. The van der Waals surface area contributed by atoms with E-state index in [2.05, 4.69) is 15.3 Å². The predicted molar refractivity (Wildman–Crippen MR) is 93.7 cm³/mol. The first kappa shape index (κ1) is 17.1. The van der Waals surface area contributed by atoms with E-state index >= 15 is 0 Å². The van der Waals surface area contributed by atoms with Crippen LogP contribution in [0.25, 0.3) is 0 Å². The van der Waals surface area contributed by atoms with Crippen molar-refractivity contribution in [2.45, 2.75) is 39.3 Å². The van der Waals surface area contributed by atoms with Crippen LogP contribution in [0.15, 0.2) is 36.7 Å². The molecular weight excluding hydrogens is 316 g/mol. The van der Waals surface area contributed by atoms with Gasteiger partial charge in [0.2, 0.25) is 5.91 Å². The van der Waals surface area contributed by atoms with Gasteiger partial charge in [0, 0.05) is 25.9 Å². The Labute approximate surface area is 147 Å². The van der Waals surface area contributed by atoms with Crippen LogP contribution < -0.4 is 5.32 Å². The first-order valence-corrected chi connectivity index (χ1v) is 8.48. The van der Waals surface area contributed by atoms with E-state index in [4.69, 9.17) is 0 Å². The van der Waals surface area contributed by atoms with Crippen LogP contribution in [0.2, 0.25) is 0 Å². The van der Waals surface area contributed by atoms with Gasteiger partial charge < -0.3 is 10.2 Å². The van der Waals surface area contributed by atoms with E-state index in [0.29, 0.717) is 12.2 Å². The zero-order valence-corrected chi connectivity index (χ0v) is 14.5. The molecule has 1 N–H and O–H groups in total. The minimum Gasteiger partial charge on any atom is -0.351 e. The second kappa shape index (κ2) is 7.42. The zero-order valence-electron chi connectivity index (χ0n) is 14.5. The van der Waals surface area contributed by atoms with Crippen molar-refractivity contribution < 1.29 is 9.59 Å². The average molecular weight is 338 g/mol. The molecule has 1 unspecified atom stereocenters. The zero-order chi connectivity index (χ0) is 17.8. The molecule has 1 aliphatic rings. The number of likely N-dealkylation sites (tertiary alicyclic amines) is 1. The first-order chi connectivity index (χ1) is 12.1. The van der Waals surface area contributed by atoms with Gasteiger partial charge in [0.15, 0.2) is 0 Å². The van der Waals surface area contributed by atoms with Crippen LogP contribution in [0.1, 0.15) is 53.1 Å². The molecule has 2 amide bonds. The Bertz CT molecular complexity index is 790. The van der Waals surface area contributed by atoms with Crippen molar-refractivity contribution in [1.29, 1.82) is 0 Å². The topological polar surface area (TPSA) is 75.2 Å². The summed E-state index contributed by atoms with van der Waals surface area (Å²) in [6.07, 6.45) is 5.27. The molecule has 0 radical (unpaired) electrons. The highest BCUT2D eigenvalue weighted by molar-refractivity contribution is 5.94. The minimum atomic E-state index is -0.0875. The number of hydrogen-bond acceptors (Lipinski definition) is 4. The van der Waals surface area contributed by atoms with Crippen LogP contribution in [0.4, 0.5) is 0 Å². The van der Waals surface area contributed by atoms with Crippen molar-refractivity contribution in [3.8, 4) is 0 Å². The summed E-state index contributed by atoms with van der Waals surface area (Å²) < 4.78 is 0. The second-order valence-corrected chi connectivity index (χ2v) is 6.32. The van der Waals surface area contributed by atoms with Gasteiger partial charge in [-0.05, 0) is 49.1 Å². The number of nitrogens with zero attached hydrogens (tertiary/aromatic N) is 3. The van der Waals surface area contributed by atoms with E-state index in [-0.39, 0.29) is 17.9 Å². The number of nitrogens with one attached hydrogen (secondary N) is 1. The molecule has 1 fully saturated rings. The van der Waals surface area contributed by atoms with Gasteiger partial charge in [-0.25, -0.2) is 0 Å². The number of aryl methyl sites for hydroxylation is 1. The predicted octanol–water partition coefficient (Wildman–Crippen LogP) is 2.40. The Morgan fingerprint density at radius 2 is 2.12 bits per heavy atom. The first-order valence-electron chi connectivity index (χ1n) is 8.48. The second-order valence-electron chi connectivity index (χ2n) is 6.32. The number of carbonyl (C=O) groups is 2. The van der Waals surface area contributed by atoms with Crippen molar-refractivity contribution in [3.63, 3.8) is 0 Å². The number of aromatic nitrogens is 2. The van der Waals surface area contributed by atoms with Crippen LogP contribution >= 0.6 is 0 Å². The number of hydrogen-bond donors (Lipinski definition) is 1. The molecule has 25 heavy (non-hydrogen) atoms. The third kappa shape index (κ3) is 3.84. The van der Waals surface area contributed by atoms with Gasteiger partial charge in [0.05, 0.1) is 18.3 Å². The summed E-state index contributed by atoms with van der Waals surface area (Å²) in [5.74, 6) is -0.115. The molecule has 6 nitrogen and oxygen atoms in total. The van der Waals surface area contributed by atoms with Gasteiger partial charge in [-0.15, -0.1) is 0 Å². The highest BCUT2D eigenvalue weighted by Gasteiger charge is 2.31. The third-order valence-corrected chi connectivity index (χ3v) is 4.47. The van der Waals surface area contributed by atoms with E-state index in [0.717, 1.165) is 36.2 Å². The molecule has 130 valence electrons. The molecular formula is C19H22N4O2. The van der Waals surface area contributed by atoms with Crippen LogP contribution in [-0.2, 0) is 11.3 Å². The summed E-state index contributed by atoms with van der Waals surface area (Å²) in [6.45, 7) is 4.51. The lowest BCUT2D eigenvalue weighted by atomic mass is 10.0. The average Bonchev–Trinajstić information content (AvgIpc) is 3.10. The Morgan fingerprint density at radius 1 is 1.28 bits per heavy atom. The number of pyridine rings is 2.